The molecule has 3 aromatic heterocycles. The van der Waals surface area contributed by atoms with Gasteiger partial charge in [-0.15, -0.1) is 0 Å². The Bertz CT molecular complexity index is 1190. The van der Waals surface area contributed by atoms with E-state index in [4.69, 9.17) is 16.3 Å². The van der Waals surface area contributed by atoms with Gasteiger partial charge in [-0.25, -0.2) is 19.6 Å². The molecule has 0 radical (unpaired) electrons. The zero-order valence-corrected chi connectivity index (χ0v) is 15.6. The van der Waals surface area contributed by atoms with Crippen LogP contribution >= 0.6 is 11.6 Å². The number of hydrogen-bond acceptors (Lipinski definition) is 7. The van der Waals surface area contributed by atoms with Crippen LogP contribution in [0.1, 0.15) is 5.56 Å². The van der Waals surface area contributed by atoms with Crippen LogP contribution in [0.25, 0.3) is 22.6 Å². The molecule has 0 saturated carbocycles. The van der Waals surface area contributed by atoms with E-state index in [0.29, 0.717) is 28.7 Å². The van der Waals surface area contributed by atoms with Crippen LogP contribution in [0.15, 0.2) is 59.9 Å². The number of nitrogens with zero attached hydrogens (tertiary/aromatic N) is 5. The fourth-order valence-electron chi connectivity index (χ4n) is 2.68. The maximum Gasteiger partial charge on any atom is 0.300 e. The normalized spacial score (nSPS) is 10.8. The molecule has 9 heteroatoms. The van der Waals surface area contributed by atoms with Crippen molar-refractivity contribution in [2.45, 2.75) is 6.54 Å². The zero-order valence-electron chi connectivity index (χ0n) is 14.8. The van der Waals surface area contributed by atoms with E-state index in [-0.39, 0.29) is 16.7 Å². The van der Waals surface area contributed by atoms with Crippen molar-refractivity contribution >= 4 is 22.8 Å². The third kappa shape index (κ3) is 3.49. The van der Waals surface area contributed by atoms with Gasteiger partial charge in [-0.3, -0.25) is 9.78 Å². The Balaban J connectivity index is 1.83. The van der Waals surface area contributed by atoms with E-state index in [9.17, 15) is 4.79 Å². The molecule has 0 fully saturated rings. The van der Waals surface area contributed by atoms with Crippen molar-refractivity contribution in [2.24, 2.45) is 0 Å². The number of halogens is 1. The van der Waals surface area contributed by atoms with Crippen LogP contribution in [0.2, 0.25) is 5.02 Å². The van der Waals surface area contributed by atoms with Crippen molar-refractivity contribution in [2.75, 3.05) is 12.5 Å². The SMILES string of the molecule is COc1cncc(-c2nc3nccnc3c(=O)n2NCc2ccc(Cl)cc2)c1. The Morgan fingerprint density at radius 2 is 1.93 bits per heavy atom. The molecule has 8 nitrogen and oxygen atoms in total. The van der Waals surface area contributed by atoms with Gasteiger partial charge in [0.2, 0.25) is 0 Å². The molecule has 0 aliphatic carbocycles. The van der Waals surface area contributed by atoms with Gasteiger partial charge in [-0.1, -0.05) is 23.7 Å². The number of rotatable bonds is 5. The summed E-state index contributed by atoms with van der Waals surface area (Å²) in [5, 5.41) is 0.645. The molecular formula is C19H15ClN6O2. The Morgan fingerprint density at radius 3 is 2.71 bits per heavy atom. The Morgan fingerprint density at radius 1 is 1.14 bits per heavy atom. The van der Waals surface area contributed by atoms with Gasteiger partial charge in [0.05, 0.1) is 19.9 Å². The second-order valence-corrected chi connectivity index (χ2v) is 6.32. The summed E-state index contributed by atoms with van der Waals surface area (Å²) >= 11 is 5.93. The largest absolute Gasteiger partial charge is 0.495 e. The van der Waals surface area contributed by atoms with E-state index >= 15 is 0 Å². The molecule has 1 N–H and O–H groups in total. The molecule has 0 aliphatic heterocycles. The van der Waals surface area contributed by atoms with E-state index < -0.39 is 0 Å². The van der Waals surface area contributed by atoms with Gasteiger partial charge in [0.25, 0.3) is 0 Å². The second-order valence-electron chi connectivity index (χ2n) is 5.88. The molecule has 0 saturated heterocycles. The molecule has 0 spiro atoms. The van der Waals surface area contributed by atoms with Crippen LogP contribution in [0.3, 0.4) is 0 Å². The third-order valence-corrected chi connectivity index (χ3v) is 4.32. The fraction of sp³-hybridized carbons (Fsp3) is 0.105. The molecule has 1 aromatic carbocycles. The minimum Gasteiger partial charge on any atom is -0.495 e. The molecule has 140 valence electrons. The predicted molar refractivity (Wildman–Crippen MR) is 106 cm³/mol. The molecule has 3 heterocycles. The number of ether oxygens (including phenoxy) is 1. The van der Waals surface area contributed by atoms with Crippen molar-refractivity contribution < 1.29 is 4.74 Å². The monoisotopic (exact) mass is 394 g/mol. The lowest BCUT2D eigenvalue weighted by molar-refractivity contribution is 0.413. The van der Waals surface area contributed by atoms with E-state index in [1.54, 1.807) is 37.7 Å². The van der Waals surface area contributed by atoms with Gasteiger partial charge in [0.15, 0.2) is 17.0 Å². The smallest absolute Gasteiger partial charge is 0.300 e. The molecule has 0 aliphatic rings. The number of nitrogens with one attached hydrogen (secondary N) is 1. The summed E-state index contributed by atoms with van der Waals surface area (Å²) < 4.78 is 6.59. The average Bonchev–Trinajstić information content (AvgIpc) is 2.74. The Labute approximate surface area is 164 Å². The second kappa shape index (κ2) is 7.61. The predicted octanol–water partition coefficient (Wildman–Crippen LogP) is 2.65. The third-order valence-electron chi connectivity index (χ3n) is 4.07. The first-order valence-electron chi connectivity index (χ1n) is 8.37. The van der Waals surface area contributed by atoms with Crippen LogP contribution in [0.5, 0.6) is 5.75 Å². The van der Waals surface area contributed by atoms with Crippen LogP contribution in [0.4, 0.5) is 0 Å². The lowest BCUT2D eigenvalue weighted by Crippen LogP contribution is -2.32. The van der Waals surface area contributed by atoms with Gasteiger partial charge in [-0.2, -0.15) is 0 Å². The van der Waals surface area contributed by atoms with Gasteiger partial charge < -0.3 is 10.2 Å². The number of fused-ring (bicyclic) bond motifs is 1. The van der Waals surface area contributed by atoms with Crippen LogP contribution < -0.4 is 15.7 Å². The summed E-state index contributed by atoms with van der Waals surface area (Å²) in [7, 11) is 1.55. The van der Waals surface area contributed by atoms with E-state index in [2.05, 4.69) is 25.4 Å². The van der Waals surface area contributed by atoms with Crippen LogP contribution in [-0.4, -0.2) is 31.7 Å². The van der Waals surface area contributed by atoms with Crippen molar-refractivity contribution in [1.29, 1.82) is 0 Å². The summed E-state index contributed by atoms with van der Waals surface area (Å²) in [4.78, 5) is 30.0. The van der Waals surface area contributed by atoms with Crippen molar-refractivity contribution in [3.63, 3.8) is 0 Å². The van der Waals surface area contributed by atoms with Gasteiger partial charge in [0, 0.05) is 29.2 Å². The first kappa shape index (κ1) is 17.9. The maximum atomic E-state index is 13.0. The highest BCUT2D eigenvalue weighted by Crippen LogP contribution is 2.20. The lowest BCUT2D eigenvalue weighted by atomic mass is 10.2. The molecule has 0 amide bonds. The minimum atomic E-state index is -0.357. The quantitative estimate of drug-likeness (QED) is 0.556. The van der Waals surface area contributed by atoms with Crippen LogP contribution in [-0.2, 0) is 6.54 Å². The zero-order chi connectivity index (χ0) is 19.5. The Kier molecular flexibility index (Phi) is 4.86. The summed E-state index contributed by atoms with van der Waals surface area (Å²) in [6.45, 7) is 0.384. The summed E-state index contributed by atoms with van der Waals surface area (Å²) in [5.74, 6) is 0.911. The Hall–Kier alpha value is -3.52. The highest BCUT2D eigenvalue weighted by molar-refractivity contribution is 6.30. The number of hydrogen-bond donors (Lipinski definition) is 1. The van der Waals surface area contributed by atoms with Gasteiger partial charge in [-0.05, 0) is 23.8 Å². The number of aromatic nitrogens is 5. The minimum absolute atomic E-state index is 0.172. The van der Waals surface area contributed by atoms with Gasteiger partial charge in [0.1, 0.15) is 5.75 Å². The van der Waals surface area contributed by atoms with E-state index in [1.807, 2.05) is 12.1 Å². The highest BCUT2D eigenvalue weighted by atomic mass is 35.5. The molecule has 4 aromatic rings. The molecule has 28 heavy (non-hydrogen) atoms. The van der Waals surface area contributed by atoms with Crippen molar-refractivity contribution in [1.82, 2.24) is 24.6 Å². The summed E-state index contributed by atoms with van der Waals surface area (Å²) in [6.07, 6.45) is 6.14. The van der Waals surface area contributed by atoms with Crippen LogP contribution in [0, 0.1) is 0 Å². The average molecular weight is 395 g/mol. The molecule has 0 bridgehead atoms. The molecule has 4 rings (SSSR count). The first-order valence-corrected chi connectivity index (χ1v) is 8.75. The summed E-state index contributed by atoms with van der Waals surface area (Å²) in [6, 6.07) is 9.08. The highest BCUT2D eigenvalue weighted by Gasteiger charge is 2.15. The fourth-order valence-corrected chi connectivity index (χ4v) is 2.81. The number of methoxy groups -OCH3 is 1. The molecule has 0 unspecified atom stereocenters. The van der Waals surface area contributed by atoms with Crippen molar-refractivity contribution in [3.05, 3.63) is 76.1 Å². The molecular weight excluding hydrogens is 380 g/mol. The maximum absolute atomic E-state index is 13.0. The van der Waals surface area contributed by atoms with E-state index in [1.165, 1.54) is 17.1 Å². The number of benzene rings is 1. The number of pyridine rings is 1. The topological polar surface area (TPSA) is 94.8 Å². The first-order chi connectivity index (χ1) is 13.7. The lowest BCUT2D eigenvalue weighted by Gasteiger charge is -2.15. The van der Waals surface area contributed by atoms with Gasteiger partial charge >= 0.3 is 5.56 Å². The molecule has 0 atom stereocenters. The standard InChI is InChI=1S/C19H15ClN6O2/c1-28-15-8-13(10-21-11-15)18-25-17-16(22-6-7-23-17)19(27)26(18)24-9-12-2-4-14(20)5-3-12/h2-8,10-11,24H,9H2,1H3. The van der Waals surface area contributed by atoms with E-state index in [0.717, 1.165) is 5.56 Å². The van der Waals surface area contributed by atoms with Crippen molar-refractivity contribution in [3.8, 4) is 17.1 Å². The summed E-state index contributed by atoms with van der Waals surface area (Å²) in [5.41, 5.74) is 4.74.